The molecule has 2 amide bonds. The summed E-state index contributed by atoms with van der Waals surface area (Å²) < 4.78 is 16.0. The van der Waals surface area contributed by atoms with Gasteiger partial charge in [0.25, 0.3) is 0 Å². The Morgan fingerprint density at radius 2 is 1.86 bits per heavy atom. The monoisotopic (exact) mass is 398 g/mol. The Morgan fingerprint density at radius 1 is 1.10 bits per heavy atom. The van der Waals surface area contributed by atoms with E-state index < -0.39 is 0 Å². The van der Waals surface area contributed by atoms with Gasteiger partial charge in [-0.05, 0) is 48.9 Å². The number of benzene rings is 2. The summed E-state index contributed by atoms with van der Waals surface area (Å²) in [6.07, 6.45) is 0.199. The fraction of sp³-hybridized carbons (Fsp3) is 0.364. The third-order valence-electron chi connectivity index (χ3n) is 4.87. The molecule has 1 N–H and O–H groups in total. The van der Waals surface area contributed by atoms with Crippen molar-refractivity contribution in [3.05, 3.63) is 48.0 Å². The first-order chi connectivity index (χ1) is 14.0. The van der Waals surface area contributed by atoms with Crippen molar-refractivity contribution in [3.8, 4) is 17.2 Å². The van der Waals surface area contributed by atoms with Crippen molar-refractivity contribution in [2.45, 2.75) is 19.9 Å². The summed E-state index contributed by atoms with van der Waals surface area (Å²) in [5.41, 5.74) is 1.67. The first-order valence-electron chi connectivity index (χ1n) is 9.57. The van der Waals surface area contributed by atoms with Crippen LogP contribution in [0.1, 0.15) is 18.9 Å². The van der Waals surface area contributed by atoms with Crippen LogP contribution in [0.15, 0.2) is 42.5 Å². The minimum absolute atomic E-state index is 0.0570. The molecule has 1 aliphatic rings. The molecule has 1 saturated heterocycles. The van der Waals surface area contributed by atoms with Gasteiger partial charge < -0.3 is 24.4 Å². The molecule has 29 heavy (non-hydrogen) atoms. The van der Waals surface area contributed by atoms with E-state index in [0.29, 0.717) is 31.2 Å². The molecule has 154 valence electrons. The predicted molar refractivity (Wildman–Crippen MR) is 109 cm³/mol. The number of methoxy groups -OCH3 is 2. The van der Waals surface area contributed by atoms with Crippen LogP contribution in [0, 0.1) is 5.92 Å². The van der Waals surface area contributed by atoms with Gasteiger partial charge in [0.05, 0.1) is 26.7 Å². The van der Waals surface area contributed by atoms with Crippen LogP contribution in [0.5, 0.6) is 17.2 Å². The summed E-state index contributed by atoms with van der Waals surface area (Å²) in [6.45, 7) is 3.15. The molecule has 1 fully saturated rings. The zero-order valence-electron chi connectivity index (χ0n) is 16.9. The molecular formula is C22H26N2O5. The lowest BCUT2D eigenvalue weighted by Crippen LogP contribution is -2.32. The van der Waals surface area contributed by atoms with Crippen LogP contribution in [0.2, 0.25) is 0 Å². The molecule has 0 bridgehead atoms. The molecule has 0 unspecified atom stereocenters. The van der Waals surface area contributed by atoms with Crippen molar-refractivity contribution in [1.29, 1.82) is 0 Å². The number of rotatable bonds is 8. The van der Waals surface area contributed by atoms with Gasteiger partial charge in [0, 0.05) is 25.2 Å². The summed E-state index contributed by atoms with van der Waals surface area (Å²) >= 11 is 0. The average Bonchev–Trinajstić information content (AvgIpc) is 3.14. The summed E-state index contributed by atoms with van der Waals surface area (Å²) in [5.74, 6) is 1.44. The Kier molecular flexibility index (Phi) is 6.59. The number of carbonyl (C=O) groups is 2. The lowest BCUT2D eigenvalue weighted by molar-refractivity contribution is -0.126. The number of amides is 2. The molecule has 0 saturated carbocycles. The molecule has 7 heteroatoms. The molecule has 3 rings (SSSR count). The second-order valence-corrected chi connectivity index (χ2v) is 6.74. The molecule has 0 aliphatic carbocycles. The maximum Gasteiger partial charge on any atom is 0.227 e. The first-order valence-corrected chi connectivity index (χ1v) is 9.57. The van der Waals surface area contributed by atoms with Crippen LogP contribution in [0.25, 0.3) is 0 Å². The zero-order chi connectivity index (χ0) is 20.8. The SMILES string of the molecule is CCOc1cc(CNC(=O)[C@H]2CC(=O)N(c3ccc(OC)cc3)C2)ccc1OC. The van der Waals surface area contributed by atoms with E-state index in [1.165, 1.54) is 0 Å². The Hall–Kier alpha value is -3.22. The van der Waals surface area contributed by atoms with E-state index in [1.807, 2.05) is 37.3 Å². The minimum Gasteiger partial charge on any atom is -0.497 e. The van der Waals surface area contributed by atoms with Crippen molar-refractivity contribution in [2.24, 2.45) is 5.92 Å². The third-order valence-corrected chi connectivity index (χ3v) is 4.87. The van der Waals surface area contributed by atoms with Crippen molar-refractivity contribution < 1.29 is 23.8 Å². The van der Waals surface area contributed by atoms with Gasteiger partial charge in [-0.3, -0.25) is 9.59 Å². The van der Waals surface area contributed by atoms with E-state index in [9.17, 15) is 9.59 Å². The summed E-state index contributed by atoms with van der Waals surface area (Å²) in [5, 5.41) is 2.92. The maximum absolute atomic E-state index is 12.6. The van der Waals surface area contributed by atoms with E-state index in [2.05, 4.69) is 5.32 Å². The van der Waals surface area contributed by atoms with Crippen molar-refractivity contribution in [3.63, 3.8) is 0 Å². The number of hydrogen-bond donors (Lipinski definition) is 1. The molecule has 0 radical (unpaired) electrons. The minimum atomic E-state index is -0.380. The Morgan fingerprint density at radius 3 is 2.52 bits per heavy atom. The summed E-state index contributed by atoms with van der Waals surface area (Å²) in [4.78, 5) is 26.6. The molecule has 1 heterocycles. The van der Waals surface area contributed by atoms with Gasteiger partial charge in [0.2, 0.25) is 11.8 Å². The second kappa shape index (κ2) is 9.32. The number of carbonyl (C=O) groups excluding carboxylic acids is 2. The van der Waals surface area contributed by atoms with Crippen LogP contribution >= 0.6 is 0 Å². The average molecular weight is 398 g/mol. The highest BCUT2D eigenvalue weighted by atomic mass is 16.5. The smallest absolute Gasteiger partial charge is 0.227 e. The van der Waals surface area contributed by atoms with Gasteiger partial charge in [-0.15, -0.1) is 0 Å². The lowest BCUT2D eigenvalue weighted by atomic mass is 10.1. The Bertz CT molecular complexity index is 866. The molecule has 2 aromatic rings. The first kappa shape index (κ1) is 20.5. The summed E-state index contributed by atoms with van der Waals surface area (Å²) in [7, 11) is 3.18. The van der Waals surface area contributed by atoms with Gasteiger partial charge in [-0.2, -0.15) is 0 Å². The van der Waals surface area contributed by atoms with Gasteiger partial charge in [-0.25, -0.2) is 0 Å². The van der Waals surface area contributed by atoms with E-state index in [4.69, 9.17) is 14.2 Å². The van der Waals surface area contributed by atoms with Gasteiger partial charge >= 0.3 is 0 Å². The van der Waals surface area contributed by atoms with E-state index in [1.54, 1.807) is 31.3 Å². The highest BCUT2D eigenvalue weighted by molar-refractivity contribution is 6.00. The molecular weight excluding hydrogens is 372 g/mol. The van der Waals surface area contributed by atoms with Crippen LogP contribution in [-0.4, -0.2) is 39.2 Å². The second-order valence-electron chi connectivity index (χ2n) is 6.74. The van der Waals surface area contributed by atoms with Crippen molar-refractivity contribution in [2.75, 3.05) is 32.3 Å². The van der Waals surface area contributed by atoms with E-state index >= 15 is 0 Å². The number of nitrogens with one attached hydrogen (secondary N) is 1. The molecule has 1 aliphatic heterocycles. The molecule has 1 atom stereocenters. The molecule has 7 nitrogen and oxygen atoms in total. The quantitative estimate of drug-likeness (QED) is 0.740. The highest BCUT2D eigenvalue weighted by Crippen LogP contribution is 2.29. The third kappa shape index (κ3) is 4.80. The zero-order valence-corrected chi connectivity index (χ0v) is 16.9. The largest absolute Gasteiger partial charge is 0.497 e. The molecule has 0 aromatic heterocycles. The predicted octanol–water partition coefficient (Wildman–Crippen LogP) is 2.77. The normalized spacial score (nSPS) is 15.9. The van der Waals surface area contributed by atoms with Crippen molar-refractivity contribution in [1.82, 2.24) is 5.32 Å². The molecule has 0 spiro atoms. The maximum atomic E-state index is 12.6. The van der Waals surface area contributed by atoms with Gasteiger partial charge in [-0.1, -0.05) is 6.07 Å². The van der Waals surface area contributed by atoms with Crippen LogP contribution in [0.4, 0.5) is 5.69 Å². The Balaban J connectivity index is 1.60. The number of anilines is 1. The van der Waals surface area contributed by atoms with Gasteiger partial charge in [0.1, 0.15) is 5.75 Å². The fourth-order valence-corrected chi connectivity index (χ4v) is 3.33. The van der Waals surface area contributed by atoms with Crippen LogP contribution in [-0.2, 0) is 16.1 Å². The molecule has 2 aromatic carbocycles. The number of hydrogen-bond acceptors (Lipinski definition) is 5. The standard InChI is InChI=1S/C22H26N2O5/c1-4-29-20-11-15(5-10-19(20)28-3)13-23-22(26)16-12-21(25)24(14-16)17-6-8-18(27-2)9-7-17/h5-11,16H,4,12-14H2,1-3H3,(H,23,26)/t16-/m0/s1. The number of ether oxygens (including phenoxy) is 3. The fourth-order valence-electron chi connectivity index (χ4n) is 3.33. The lowest BCUT2D eigenvalue weighted by Gasteiger charge is -2.17. The number of nitrogens with zero attached hydrogens (tertiary/aromatic N) is 1. The topological polar surface area (TPSA) is 77.1 Å². The van der Waals surface area contributed by atoms with Crippen molar-refractivity contribution >= 4 is 17.5 Å². The van der Waals surface area contributed by atoms with Crippen LogP contribution in [0.3, 0.4) is 0 Å². The van der Waals surface area contributed by atoms with E-state index in [0.717, 1.165) is 17.0 Å². The highest BCUT2D eigenvalue weighted by Gasteiger charge is 2.35. The summed E-state index contributed by atoms with van der Waals surface area (Å²) in [6, 6.07) is 12.8. The van der Waals surface area contributed by atoms with Crippen LogP contribution < -0.4 is 24.4 Å². The Labute approximate surface area is 170 Å². The van der Waals surface area contributed by atoms with E-state index in [-0.39, 0.29) is 24.2 Å². The van der Waals surface area contributed by atoms with Gasteiger partial charge in [0.15, 0.2) is 11.5 Å².